The van der Waals surface area contributed by atoms with Gasteiger partial charge in [-0.25, -0.2) is 4.79 Å². The Kier molecular flexibility index (Phi) is 26.3. The minimum absolute atomic E-state index is 0.0189. The van der Waals surface area contributed by atoms with Crippen molar-refractivity contribution >= 4 is 53.3 Å². The van der Waals surface area contributed by atoms with E-state index in [0.717, 1.165) is 0 Å². The summed E-state index contributed by atoms with van der Waals surface area (Å²) in [6, 6.07) is -10.1. The molecule has 0 spiro atoms. The number of carbonyl (C=O) groups is 7. The first-order chi connectivity index (χ1) is 27.7. The monoisotopic (exact) mass is 847 g/mol. The van der Waals surface area contributed by atoms with Crippen LogP contribution in [-0.4, -0.2) is 155 Å². The van der Waals surface area contributed by atoms with E-state index in [9.17, 15) is 54.0 Å². The van der Waals surface area contributed by atoms with Crippen molar-refractivity contribution in [3.63, 3.8) is 0 Å². The van der Waals surface area contributed by atoms with Gasteiger partial charge in [0.2, 0.25) is 35.4 Å². The molecule has 0 aromatic rings. The molecule has 0 saturated carbocycles. The maximum Gasteiger partial charge on any atom is 0.326 e. The van der Waals surface area contributed by atoms with E-state index in [-0.39, 0.29) is 69.6 Å². The molecule has 0 aliphatic rings. The van der Waals surface area contributed by atoms with Crippen LogP contribution in [0.25, 0.3) is 0 Å². The number of nitrogens with one attached hydrogen (secondary N) is 6. The van der Waals surface area contributed by atoms with E-state index in [0.29, 0.717) is 19.3 Å². The molecule has 0 radical (unpaired) electrons. The number of aliphatic imine (C=N–C) groups is 2. The van der Waals surface area contributed by atoms with Gasteiger partial charge in [-0.15, -0.1) is 0 Å². The molecule has 59 heavy (non-hydrogen) atoms. The predicted molar refractivity (Wildman–Crippen MR) is 215 cm³/mol. The van der Waals surface area contributed by atoms with E-state index in [1.807, 2.05) is 0 Å². The maximum absolute atomic E-state index is 13.6. The number of nitrogens with two attached hydrogens (primary N) is 6. The highest BCUT2D eigenvalue weighted by molar-refractivity contribution is 5.97. The smallest absolute Gasteiger partial charge is 0.326 e. The fourth-order valence-electron chi connectivity index (χ4n) is 5.28. The van der Waals surface area contributed by atoms with E-state index < -0.39 is 103 Å². The lowest BCUT2D eigenvalue weighted by Gasteiger charge is -2.27. The number of aliphatic hydroxyl groups is 3. The van der Waals surface area contributed by atoms with Gasteiger partial charge in [0.1, 0.15) is 36.3 Å². The van der Waals surface area contributed by atoms with Crippen LogP contribution in [-0.2, 0) is 33.6 Å². The molecule has 0 bridgehead atoms. The van der Waals surface area contributed by atoms with Crippen LogP contribution in [0.3, 0.4) is 0 Å². The van der Waals surface area contributed by atoms with Gasteiger partial charge in [0.05, 0.1) is 25.4 Å². The number of amides is 6. The van der Waals surface area contributed by atoms with Gasteiger partial charge in [-0.2, -0.15) is 0 Å². The molecule has 0 rings (SSSR count). The Hall–Kier alpha value is -5.37. The average molecular weight is 847 g/mol. The largest absolute Gasteiger partial charge is 0.480 e. The summed E-state index contributed by atoms with van der Waals surface area (Å²) in [6.07, 6.45) is 0.0594. The molecule has 25 nitrogen and oxygen atoms in total. The molecule has 0 aromatic heterocycles. The van der Waals surface area contributed by atoms with Crippen LogP contribution in [0.2, 0.25) is 0 Å². The number of nitrogens with zero attached hydrogens (tertiary/aromatic N) is 2. The number of rotatable bonds is 30. The maximum atomic E-state index is 13.6. The molecule has 0 saturated heterocycles. The summed E-state index contributed by atoms with van der Waals surface area (Å²) in [6.45, 7) is 3.22. The van der Waals surface area contributed by atoms with Crippen LogP contribution >= 0.6 is 0 Å². The van der Waals surface area contributed by atoms with Crippen molar-refractivity contribution in [1.29, 1.82) is 0 Å². The molecule has 0 aliphatic carbocycles. The van der Waals surface area contributed by atoms with Crippen LogP contribution in [0.1, 0.15) is 72.1 Å². The molecule has 8 atom stereocenters. The second-order valence-electron chi connectivity index (χ2n) is 14.2. The van der Waals surface area contributed by atoms with Crippen LogP contribution in [0.15, 0.2) is 9.98 Å². The van der Waals surface area contributed by atoms with Crippen molar-refractivity contribution in [2.75, 3.05) is 32.8 Å². The fourth-order valence-corrected chi connectivity index (χ4v) is 5.28. The van der Waals surface area contributed by atoms with Crippen molar-refractivity contribution < 1.29 is 54.0 Å². The average Bonchev–Trinajstić information content (AvgIpc) is 3.15. The molecule has 0 fully saturated rings. The molecule has 338 valence electrons. The van der Waals surface area contributed by atoms with Gasteiger partial charge in [0, 0.05) is 13.1 Å². The Morgan fingerprint density at radius 2 is 0.983 bits per heavy atom. The van der Waals surface area contributed by atoms with Crippen LogP contribution in [0, 0.1) is 5.92 Å². The first-order valence-corrected chi connectivity index (χ1v) is 19.2. The van der Waals surface area contributed by atoms with Gasteiger partial charge in [-0.05, 0) is 70.8 Å². The Bertz CT molecular complexity index is 1420. The van der Waals surface area contributed by atoms with E-state index in [1.165, 1.54) is 6.92 Å². The van der Waals surface area contributed by atoms with Crippen LogP contribution in [0.5, 0.6) is 0 Å². The first kappa shape index (κ1) is 53.6. The molecule has 22 N–H and O–H groups in total. The Balaban J connectivity index is 5.87. The highest BCUT2D eigenvalue weighted by Crippen LogP contribution is 2.09. The summed E-state index contributed by atoms with van der Waals surface area (Å²) in [5.74, 6) is -7.64. The number of hydrogen-bond donors (Lipinski definition) is 16. The number of aliphatic carboxylic acids is 1. The van der Waals surface area contributed by atoms with Crippen molar-refractivity contribution in [3.05, 3.63) is 0 Å². The molecular weight excluding hydrogens is 780 g/mol. The summed E-state index contributed by atoms with van der Waals surface area (Å²) in [5, 5.41) is 53.9. The minimum atomic E-state index is -1.75. The predicted octanol–water partition coefficient (Wildman–Crippen LogP) is -7.05. The lowest BCUT2D eigenvalue weighted by atomic mass is 10.0. The van der Waals surface area contributed by atoms with E-state index in [4.69, 9.17) is 34.4 Å². The van der Waals surface area contributed by atoms with Gasteiger partial charge in [-0.3, -0.25) is 38.8 Å². The number of carboxylic acid groups (broad SMARTS) is 1. The lowest BCUT2D eigenvalue weighted by Crippen LogP contribution is -2.62. The summed E-state index contributed by atoms with van der Waals surface area (Å²) in [7, 11) is 0. The normalized spacial score (nSPS) is 15.1. The standard InChI is InChI=1S/C34H66N14O11/c1-17(2)14-22(28(54)43-20(9-4-5-11-35)27(53)44-21(32(58)59)10-7-13-42-34(39)40)45-29(55)23(15-49)46-30(56)24(16-50)47-31(57)25(18(3)51)48-26(52)19(36)8-6-12-41-33(37)38/h17-25,49-51H,4-16,35-36H2,1-3H3,(H,43,54)(H,44,53)(H,45,55)(H,46,56)(H,47,57)(H,48,52)(H,58,59)(H4,37,38,41)(H4,39,40,42)/t18-,19+,20+,21+,22+,23+,24+,25+/m1/s1. The zero-order valence-corrected chi connectivity index (χ0v) is 33.9. The van der Waals surface area contributed by atoms with Gasteiger partial charge in [-0.1, -0.05) is 13.8 Å². The molecule has 0 aromatic carbocycles. The molecule has 0 aliphatic heterocycles. The first-order valence-electron chi connectivity index (χ1n) is 19.2. The van der Waals surface area contributed by atoms with Crippen molar-refractivity contribution in [2.45, 2.75) is 121 Å². The number of aliphatic hydroxyl groups excluding tert-OH is 3. The lowest BCUT2D eigenvalue weighted by molar-refractivity contribution is -0.142. The van der Waals surface area contributed by atoms with E-state index >= 15 is 0 Å². The summed E-state index contributed by atoms with van der Waals surface area (Å²) < 4.78 is 0. The third-order valence-electron chi connectivity index (χ3n) is 8.48. The molecule has 25 heteroatoms. The van der Waals surface area contributed by atoms with Crippen molar-refractivity contribution in [2.24, 2.45) is 50.3 Å². The zero-order valence-electron chi connectivity index (χ0n) is 33.9. The molecule has 0 heterocycles. The third-order valence-corrected chi connectivity index (χ3v) is 8.48. The second kappa shape index (κ2) is 28.9. The number of carboxylic acids is 1. The third kappa shape index (κ3) is 22.4. The van der Waals surface area contributed by atoms with Crippen LogP contribution < -0.4 is 66.3 Å². The van der Waals surface area contributed by atoms with Gasteiger partial charge in [0.25, 0.3) is 0 Å². The van der Waals surface area contributed by atoms with E-state index in [2.05, 4.69) is 41.9 Å². The zero-order chi connectivity index (χ0) is 45.2. The number of guanidine groups is 2. The summed E-state index contributed by atoms with van der Waals surface area (Å²) in [4.78, 5) is 98.5. The van der Waals surface area contributed by atoms with E-state index in [1.54, 1.807) is 13.8 Å². The number of carbonyl (C=O) groups excluding carboxylic acids is 6. The Labute approximate surface area is 342 Å². The Morgan fingerprint density at radius 3 is 1.44 bits per heavy atom. The van der Waals surface area contributed by atoms with Crippen molar-refractivity contribution in [1.82, 2.24) is 31.9 Å². The van der Waals surface area contributed by atoms with Crippen molar-refractivity contribution in [3.8, 4) is 0 Å². The highest BCUT2D eigenvalue weighted by atomic mass is 16.4. The fraction of sp³-hybridized carbons (Fsp3) is 0.735. The summed E-state index contributed by atoms with van der Waals surface area (Å²) >= 11 is 0. The number of unbranched alkanes of at least 4 members (excludes halogenated alkanes) is 1. The highest BCUT2D eigenvalue weighted by Gasteiger charge is 2.34. The molecular formula is C34H66N14O11. The SMILES string of the molecule is CC(C)C[C@H](NC(=O)[C@H](CO)NC(=O)[C@H](CO)NC(=O)[C@@H](NC(=O)[C@@H](N)CCCN=C(N)N)[C@@H](C)O)C(=O)N[C@@H](CCCCN)C(=O)N[C@@H](CCCN=C(N)N)C(=O)O. The quantitative estimate of drug-likeness (QED) is 0.0181. The summed E-state index contributed by atoms with van der Waals surface area (Å²) in [5.41, 5.74) is 32.6. The molecule has 6 amide bonds. The minimum Gasteiger partial charge on any atom is -0.480 e. The topological polar surface area (TPSA) is 453 Å². The number of hydrogen-bond acceptors (Lipinski definition) is 14. The van der Waals surface area contributed by atoms with Crippen LogP contribution in [0.4, 0.5) is 0 Å². The Morgan fingerprint density at radius 1 is 0.559 bits per heavy atom. The molecule has 0 unspecified atom stereocenters. The van der Waals surface area contributed by atoms with Gasteiger partial charge < -0.3 is 86.7 Å². The van der Waals surface area contributed by atoms with Gasteiger partial charge >= 0.3 is 5.97 Å². The second-order valence-corrected chi connectivity index (χ2v) is 14.2. The van der Waals surface area contributed by atoms with Gasteiger partial charge in [0.15, 0.2) is 11.9 Å².